The van der Waals surface area contributed by atoms with Crippen molar-refractivity contribution in [1.82, 2.24) is 25.3 Å². The molecule has 4 N–H and O–H groups in total. The lowest BCUT2D eigenvalue weighted by molar-refractivity contribution is -0.101. The fourth-order valence-corrected chi connectivity index (χ4v) is 2.86. The summed E-state index contributed by atoms with van der Waals surface area (Å²) in [5, 5.41) is 17.8. The Morgan fingerprint density at radius 3 is 2.52 bits per heavy atom. The first-order chi connectivity index (χ1) is 13.4. The molecule has 0 amide bonds. The van der Waals surface area contributed by atoms with Crippen LogP contribution in [-0.2, 0) is 5.54 Å². The van der Waals surface area contributed by atoms with E-state index in [-0.39, 0.29) is 12.4 Å². The lowest BCUT2D eigenvalue weighted by Gasteiger charge is -2.32. The van der Waals surface area contributed by atoms with Gasteiger partial charge in [-0.15, -0.1) is 10.2 Å². The van der Waals surface area contributed by atoms with Crippen molar-refractivity contribution in [3.05, 3.63) is 35.4 Å². The van der Waals surface area contributed by atoms with E-state index in [1.165, 1.54) is 0 Å². The summed E-state index contributed by atoms with van der Waals surface area (Å²) in [5.74, 6) is 0.903. The Bertz CT molecular complexity index is 972. The molecule has 9 nitrogen and oxygen atoms in total. The molecule has 0 fully saturated rings. The van der Waals surface area contributed by atoms with Crippen molar-refractivity contribution in [2.24, 2.45) is 10.7 Å². The second-order valence-corrected chi connectivity index (χ2v) is 7.32. The van der Waals surface area contributed by atoms with Crippen LogP contribution in [0.1, 0.15) is 44.7 Å². The number of aryl methyl sites for hydroxylation is 2. The standard InChI is InChI=1S/C17H23F3N8O/c1-6-16(21)12(17(18,19)20)7-22-14(24-16)23-11-8-28(27-9(11)2)15(4,5)13-26-25-10(3)29-13/h7-8H,6,21H2,1-5H3,(H2,22,23,24). The molecule has 0 bridgehead atoms. The van der Waals surface area contributed by atoms with E-state index in [1.807, 2.05) is 13.8 Å². The predicted molar refractivity (Wildman–Crippen MR) is 100.0 cm³/mol. The minimum atomic E-state index is -4.58. The Morgan fingerprint density at radius 2 is 1.97 bits per heavy atom. The van der Waals surface area contributed by atoms with Gasteiger partial charge in [-0.05, 0) is 27.2 Å². The SMILES string of the molecule is CCC1(N)N=C(Nc2cn(C(C)(C)c3nnc(C)o3)nc2C)NC=C1C(F)(F)F. The van der Waals surface area contributed by atoms with Crippen LogP contribution in [0.15, 0.2) is 27.4 Å². The van der Waals surface area contributed by atoms with Crippen molar-refractivity contribution >= 4 is 11.6 Å². The number of alkyl halides is 3. The van der Waals surface area contributed by atoms with Crippen molar-refractivity contribution in [3.63, 3.8) is 0 Å². The van der Waals surface area contributed by atoms with Crippen LogP contribution in [0.4, 0.5) is 18.9 Å². The fourth-order valence-electron chi connectivity index (χ4n) is 2.86. The first kappa shape index (κ1) is 20.8. The minimum absolute atomic E-state index is 0.0208. The molecular weight excluding hydrogens is 389 g/mol. The topological polar surface area (TPSA) is 119 Å². The first-order valence-electron chi connectivity index (χ1n) is 8.94. The van der Waals surface area contributed by atoms with Gasteiger partial charge in [-0.25, -0.2) is 4.99 Å². The zero-order valence-electron chi connectivity index (χ0n) is 16.7. The average molecular weight is 412 g/mol. The van der Waals surface area contributed by atoms with Crippen LogP contribution in [0.25, 0.3) is 0 Å². The highest BCUT2D eigenvalue weighted by Gasteiger charge is 2.47. The molecule has 12 heteroatoms. The quantitative estimate of drug-likeness (QED) is 0.706. The molecule has 1 atom stereocenters. The Kier molecular flexibility index (Phi) is 4.93. The maximum atomic E-state index is 13.2. The summed E-state index contributed by atoms with van der Waals surface area (Å²) in [6.45, 7) is 8.70. The highest BCUT2D eigenvalue weighted by molar-refractivity contribution is 5.95. The number of nitrogens with one attached hydrogen (secondary N) is 2. The molecule has 2 aromatic rings. The van der Waals surface area contributed by atoms with Gasteiger partial charge in [-0.3, -0.25) is 4.68 Å². The lowest BCUT2D eigenvalue weighted by atomic mass is 9.97. The Hall–Kier alpha value is -2.89. The number of guanidine groups is 1. The summed E-state index contributed by atoms with van der Waals surface area (Å²) in [6.07, 6.45) is -2.08. The molecule has 1 aliphatic rings. The highest BCUT2D eigenvalue weighted by atomic mass is 19.4. The summed E-state index contributed by atoms with van der Waals surface area (Å²) in [5.41, 5.74) is 3.52. The summed E-state index contributed by atoms with van der Waals surface area (Å²) in [7, 11) is 0. The number of halogens is 3. The number of nitrogens with zero attached hydrogens (tertiary/aromatic N) is 5. The maximum Gasteiger partial charge on any atom is 0.417 e. The molecule has 0 radical (unpaired) electrons. The molecular formula is C17H23F3N8O. The van der Waals surface area contributed by atoms with Gasteiger partial charge in [0.2, 0.25) is 17.7 Å². The third-order valence-electron chi connectivity index (χ3n) is 4.75. The number of aromatic nitrogens is 4. The molecule has 0 saturated heterocycles. The summed E-state index contributed by atoms with van der Waals surface area (Å²) >= 11 is 0. The van der Waals surface area contributed by atoms with Gasteiger partial charge in [0.25, 0.3) is 0 Å². The Morgan fingerprint density at radius 1 is 1.28 bits per heavy atom. The molecule has 0 spiro atoms. The Labute approximate surface area is 165 Å². The van der Waals surface area contributed by atoms with Crippen molar-refractivity contribution < 1.29 is 17.6 Å². The molecule has 3 rings (SSSR count). The van der Waals surface area contributed by atoms with Crippen molar-refractivity contribution in [2.75, 3.05) is 5.32 Å². The smallest absolute Gasteiger partial charge is 0.417 e. The van der Waals surface area contributed by atoms with Crippen LogP contribution in [-0.4, -0.2) is 37.8 Å². The third kappa shape index (κ3) is 3.84. The van der Waals surface area contributed by atoms with Gasteiger partial charge in [-0.2, -0.15) is 18.3 Å². The van der Waals surface area contributed by atoms with Crippen LogP contribution >= 0.6 is 0 Å². The molecule has 0 aliphatic carbocycles. The second kappa shape index (κ2) is 6.87. The number of rotatable bonds is 4. The van der Waals surface area contributed by atoms with Crippen LogP contribution < -0.4 is 16.4 Å². The van der Waals surface area contributed by atoms with E-state index in [9.17, 15) is 13.2 Å². The predicted octanol–water partition coefficient (Wildman–Crippen LogP) is 2.55. The van der Waals surface area contributed by atoms with E-state index in [0.29, 0.717) is 23.2 Å². The fraction of sp³-hybridized carbons (Fsp3) is 0.529. The molecule has 29 heavy (non-hydrogen) atoms. The lowest BCUT2D eigenvalue weighted by Crippen LogP contribution is -2.51. The Balaban J connectivity index is 1.87. The number of hydrogen-bond donors (Lipinski definition) is 3. The van der Waals surface area contributed by atoms with Crippen molar-refractivity contribution in [1.29, 1.82) is 0 Å². The minimum Gasteiger partial charge on any atom is -0.423 e. The second-order valence-electron chi connectivity index (χ2n) is 7.32. The number of aliphatic imine (C=N–C) groups is 1. The van der Waals surface area contributed by atoms with E-state index in [0.717, 1.165) is 6.20 Å². The normalized spacial score (nSPS) is 20.2. The van der Waals surface area contributed by atoms with E-state index < -0.39 is 23.0 Å². The zero-order chi connectivity index (χ0) is 21.6. The van der Waals surface area contributed by atoms with E-state index in [2.05, 4.69) is 30.9 Å². The number of hydrogen-bond acceptors (Lipinski definition) is 8. The largest absolute Gasteiger partial charge is 0.423 e. The molecule has 0 aromatic carbocycles. The van der Waals surface area contributed by atoms with Crippen LogP contribution in [0.5, 0.6) is 0 Å². The van der Waals surface area contributed by atoms with E-state index >= 15 is 0 Å². The summed E-state index contributed by atoms with van der Waals surface area (Å²) in [4.78, 5) is 4.06. The van der Waals surface area contributed by atoms with Gasteiger partial charge in [0, 0.05) is 13.1 Å². The van der Waals surface area contributed by atoms with Gasteiger partial charge < -0.3 is 20.8 Å². The van der Waals surface area contributed by atoms with Gasteiger partial charge in [0.1, 0.15) is 11.2 Å². The highest BCUT2D eigenvalue weighted by Crippen LogP contribution is 2.36. The van der Waals surface area contributed by atoms with Crippen LogP contribution in [0, 0.1) is 13.8 Å². The van der Waals surface area contributed by atoms with Gasteiger partial charge in [-0.1, -0.05) is 6.92 Å². The number of anilines is 1. The number of nitrogens with two attached hydrogens (primary N) is 1. The van der Waals surface area contributed by atoms with E-state index in [1.54, 1.807) is 31.6 Å². The molecule has 0 saturated carbocycles. The van der Waals surface area contributed by atoms with Crippen molar-refractivity contribution in [3.8, 4) is 0 Å². The third-order valence-corrected chi connectivity index (χ3v) is 4.75. The van der Waals surface area contributed by atoms with Crippen molar-refractivity contribution in [2.45, 2.75) is 58.4 Å². The molecule has 1 aliphatic heterocycles. The van der Waals surface area contributed by atoms with Crippen LogP contribution in [0.2, 0.25) is 0 Å². The maximum absolute atomic E-state index is 13.2. The summed E-state index contributed by atoms with van der Waals surface area (Å²) < 4.78 is 46.8. The molecule has 3 heterocycles. The monoisotopic (exact) mass is 412 g/mol. The van der Waals surface area contributed by atoms with Gasteiger partial charge in [0.15, 0.2) is 0 Å². The molecule has 1 unspecified atom stereocenters. The zero-order valence-corrected chi connectivity index (χ0v) is 16.7. The molecule has 158 valence electrons. The van der Waals surface area contributed by atoms with Crippen LogP contribution in [0.3, 0.4) is 0 Å². The van der Waals surface area contributed by atoms with E-state index in [4.69, 9.17) is 10.2 Å². The summed E-state index contributed by atoms with van der Waals surface area (Å²) in [6, 6.07) is 0. The van der Waals surface area contributed by atoms with Gasteiger partial charge >= 0.3 is 6.18 Å². The van der Waals surface area contributed by atoms with Gasteiger partial charge in [0.05, 0.1) is 23.2 Å². The average Bonchev–Trinajstić information content (AvgIpc) is 3.21. The molecule has 2 aromatic heterocycles. The first-order valence-corrected chi connectivity index (χ1v) is 8.94.